The van der Waals surface area contributed by atoms with Crippen molar-refractivity contribution in [1.29, 1.82) is 0 Å². The number of benzene rings is 1. The third-order valence-corrected chi connectivity index (χ3v) is 2.94. The number of rotatable bonds is 8. The fourth-order valence-corrected chi connectivity index (χ4v) is 1.71. The molecule has 17 heavy (non-hydrogen) atoms. The van der Waals surface area contributed by atoms with Gasteiger partial charge in [0, 0.05) is 18.6 Å². The van der Waals surface area contributed by atoms with Crippen LogP contribution in [-0.2, 0) is 6.42 Å². The monoisotopic (exact) mass is 235 g/mol. The van der Waals surface area contributed by atoms with Crippen molar-refractivity contribution in [2.24, 2.45) is 5.41 Å². The molecule has 0 bridgehead atoms. The van der Waals surface area contributed by atoms with Gasteiger partial charge in [-0.15, -0.1) is 0 Å². The molecule has 0 aliphatic heterocycles. The molecule has 2 N–H and O–H groups in total. The van der Waals surface area contributed by atoms with Crippen molar-refractivity contribution < 1.29 is 5.11 Å². The SMILES string of the molecule is CC(C)(CO)CNCCCCc1ccccc1. The Hall–Kier alpha value is -0.860. The molecule has 0 aliphatic rings. The predicted molar refractivity (Wildman–Crippen MR) is 73.1 cm³/mol. The molecule has 0 heterocycles. The fourth-order valence-electron chi connectivity index (χ4n) is 1.71. The van der Waals surface area contributed by atoms with Crippen LogP contribution in [0.4, 0.5) is 0 Å². The Bertz CT molecular complexity index is 295. The van der Waals surface area contributed by atoms with E-state index in [0.29, 0.717) is 0 Å². The first-order valence-electron chi connectivity index (χ1n) is 6.49. The number of unbranched alkanes of at least 4 members (excludes halogenated alkanes) is 1. The van der Waals surface area contributed by atoms with E-state index in [-0.39, 0.29) is 12.0 Å². The number of hydrogen-bond acceptors (Lipinski definition) is 2. The minimum Gasteiger partial charge on any atom is -0.396 e. The normalized spacial score (nSPS) is 11.7. The Balaban J connectivity index is 2.02. The summed E-state index contributed by atoms with van der Waals surface area (Å²) in [6, 6.07) is 10.6. The molecule has 0 spiro atoms. The second kappa shape index (κ2) is 7.46. The largest absolute Gasteiger partial charge is 0.396 e. The molecule has 0 atom stereocenters. The van der Waals surface area contributed by atoms with Crippen LogP contribution < -0.4 is 5.32 Å². The second-order valence-corrected chi connectivity index (χ2v) is 5.44. The van der Waals surface area contributed by atoms with Crippen molar-refractivity contribution in [2.75, 3.05) is 19.7 Å². The van der Waals surface area contributed by atoms with Crippen molar-refractivity contribution in [3.63, 3.8) is 0 Å². The van der Waals surface area contributed by atoms with Gasteiger partial charge in [0.2, 0.25) is 0 Å². The van der Waals surface area contributed by atoms with E-state index >= 15 is 0 Å². The molecule has 0 amide bonds. The Labute approximate surface area is 105 Å². The van der Waals surface area contributed by atoms with Gasteiger partial charge < -0.3 is 10.4 Å². The van der Waals surface area contributed by atoms with E-state index in [1.807, 2.05) is 0 Å². The van der Waals surface area contributed by atoms with E-state index in [9.17, 15) is 0 Å². The van der Waals surface area contributed by atoms with E-state index in [2.05, 4.69) is 49.5 Å². The summed E-state index contributed by atoms with van der Waals surface area (Å²) in [5, 5.41) is 12.5. The molecule has 1 rings (SSSR count). The lowest BCUT2D eigenvalue weighted by Crippen LogP contribution is -2.32. The molecule has 0 radical (unpaired) electrons. The van der Waals surface area contributed by atoms with Crippen LogP contribution in [0, 0.1) is 5.41 Å². The van der Waals surface area contributed by atoms with Crippen molar-refractivity contribution in [1.82, 2.24) is 5.32 Å². The highest BCUT2D eigenvalue weighted by molar-refractivity contribution is 5.14. The molecule has 0 aliphatic carbocycles. The standard InChI is InChI=1S/C15H25NO/c1-15(2,13-17)12-16-11-7-6-10-14-8-4-3-5-9-14/h3-5,8-9,16-17H,6-7,10-13H2,1-2H3. The number of aliphatic hydroxyl groups is 1. The number of aryl methyl sites for hydroxylation is 1. The highest BCUT2D eigenvalue weighted by atomic mass is 16.3. The first-order chi connectivity index (χ1) is 8.14. The van der Waals surface area contributed by atoms with E-state index in [1.165, 1.54) is 18.4 Å². The Kier molecular flexibility index (Phi) is 6.23. The Morgan fingerprint density at radius 1 is 1.12 bits per heavy atom. The van der Waals surface area contributed by atoms with Gasteiger partial charge in [0.05, 0.1) is 0 Å². The first kappa shape index (κ1) is 14.2. The quantitative estimate of drug-likeness (QED) is 0.679. The van der Waals surface area contributed by atoms with Crippen molar-refractivity contribution in [3.05, 3.63) is 35.9 Å². The van der Waals surface area contributed by atoms with Crippen LogP contribution in [0.3, 0.4) is 0 Å². The number of aliphatic hydroxyl groups excluding tert-OH is 1. The van der Waals surface area contributed by atoms with E-state index in [0.717, 1.165) is 19.5 Å². The zero-order chi connectivity index (χ0) is 12.6. The third-order valence-electron chi connectivity index (χ3n) is 2.94. The summed E-state index contributed by atoms with van der Waals surface area (Å²) >= 11 is 0. The average Bonchev–Trinajstić information content (AvgIpc) is 2.35. The van der Waals surface area contributed by atoms with Gasteiger partial charge in [-0.05, 0) is 31.4 Å². The maximum Gasteiger partial charge on any atom is 0.0494 e. The lowest BCUT2D eigenvalue weighted by atomic mass is 9.95. The first-order valence-corrected chi connectivity index (χ1v) is 6.49. The molecule has 0 fully saturated rings. The van der Waals surface area contributed by atoms with Crippen LogP contribution in [-0.4, -0.2) is 24.8 Å². The molecule has 0 aromatic heterocycles. The van der Waals surface area contributed by atoms with Gasteiger partial charge in [0.1, 0.15) is 0 Å². The third kappa shape index (κ3) is 6.44. The van der Waals surface area contributed by atoms with Crippen molar-refractivity contribution in [2.45, 2.75) is 33.1 Å². The van der Waals surface area contributed by atoms with Gasteiger partial charge >= 0.3 is 0 Å². The van der Waals surface area contributed by atoms with Crippen LogP contribution in [0.25, 0.3) is 0 Å². The van der Waals surface area contributed by atoms with Gasteiger partial charge in [-0.3, -0.25) is 0 Å². The minimum absolute atomic E-state index is 0.000565. The molecular formula is C15H25NO. The Morgan fingerprint density at radius 2 is 1.82 bits per heavy atom. The number of nitrogens with one attached hydrogen (secondary N) is 1. The van der Waals surface area contributed by atoms with Gasteiger partial charge in [0.25, 0.3) is 0 Å². The molecule has 96 valence electrons. The summed E-state index contributed by atoms with van der Waals surface area (Å²) in [7, 11) is 0. The average molecular weight is 235 g/mol. The lowest BCUT2D eigenvalue weighted by Gasteiger charge is -2.21. The van der Waals surface area contributed by atoms with Gasteiger partial charge in [-0.25, -0.2) is 0 Å². The van der Waals surface area contributed by atoms with E-state index in [1.54, 1.807) is 0 Å². The van der Waals surface area contributed by atoms with Crippen LogP contribution in [0.5, 0.6) is 0 Å². The van der Waals surface area contributed by atoms with Gasteiger partial charge in [-0.1, -0.05) is 44.2 Å². The highest BCUT2D eigenvalue weighted by Gasteiger charge is 2.14. The van der Waals surface area contributed by atoms with Crippen LogP contribution in [0.15, 0.2) is 30.3 Å². The van der Waals surface area contributed by atoms with Gasteiger partial charge in [0.15, 0.2) is 0 Å². The molecule has 1 aromatic rings. The summed E-state index contributed by atoms with van der Waals surface area (Å²) < 4.78 is 0. The highest BCUT2D eigenvalue weighted by Crippen LogP contribution is 2.11. The van der Waals surface area contributed by atoms with Crippen molar-refractivity contribution in [3.8, 4) is 0 Å². The minimum atomic E-state index is -0.000565. The summed E-state index contributed by atoms with van der Waals surface area (Å²) in [5.41, 5.74) is 1.42. The zero-order valence-electron chi connectivity index (χ0n) is 11.1. The summed E-state index contributed by atoms with van der Waals surface area (Å²) in [4.78, 5) is 0. The molecule has 0 saturated carbocycles. The topological polar surface area (TPSA) is 32.3 Å². The number of hydrogen-bond donors (Lipinski definition) is 2. The van der Waals surface area contributed by atoms with E-state index in [4.69, 9.17) is 5.11 Å². The molecule has 0 saturated heterocycles. The lowest BCUT2D eigenvalue weighted by molar-refractivity contribution is 0.157. The van der Waals surface area contributed by atoms with E-state index < -0.39 is 0 Å². The summed E-state index contributed by atoms with van der Waals surface area (Å²) in [5.74, 6) is 0. The summed E-state index contributed by atoms with van der Waals surface area (Å²) in [6.45, 7) is 6.31. The van der Waals surface area contributed by atoms with Crippen LogP contribution in [0.2, 0.25) is 0 Å². The van der Waals surface area contributed by atoms with Crippen LogP contribution in [0.1, 0.15) is 32.3 Å². The van der Waals surface area contributed by atoms with Crippen molar-refractivity contribution >= 4 is 0 Å². The van der Waals surface area contributed by atoms with Gasteiger partial charge in [-0.2, -0.15) is 0 Å². The predicted octanol–water partition coefficient (Wildman–Crippen LogP) is 2.62. The maximum absolute atomic E-state index is 9.11. The van der Waals surface area contributed by atoms with Crippen LogP contribution >= 0.6 is 0 Å². The maximum atomic E-state index is 9.11. The smallest absolute Gasteiger partial charge is 0.0494 e. The molecule has 0 unspecified atom stereocenters. The molecule has 1 aromatic carbocycles. The zero-order valence-corrected chi connectivity index (χ0v) is 11.1. The molecule has 2 heteroatoms. The molecular weight excluding hydrogens is 210 g/mol. The second-order valence-electron chi connectivity index (χ2n) is 5.44. The molecule has 2 nitrogen and oxygen atoms in total. The fraction of sp³-hybridized carbons (Fsp3) is 0.600. The summed E-state index contributed by atoms with van der Waals surface area (Å²) in [6.07, 6.45) is 3.57. The Morgan fingerprint density at radius 3 is 2.47 bits per heavy atom.